The monoisotopic (exact) mass is 287 g/mol. The number of halogens is 2. The van der Waals surface area contributed by atoms with Crippen molar-refractivity contribution >= 4 is 12.4 Å². The molecule has 0 N–H and O–H groups in total. The molecule has 0 fully saturated rings. The topological polar surface area (TPSA) is 37.6 Å². The molecule has 0 amide bonds. The number of rotatable bonds is 2. The van der Waals surface area contributed by atoms with Crippen molar-refractivity contribution in [2.45, 2.75) is 0 Å². The minimum atomic E-state index is 0. The van der Waals surface area contributed by atoms with Crippen LogP contribution in [0.3, 0.4) is 0 Å². The summed E-state index contributed by atoms with van der Waals surface area (Å²) in [5.74, 6) is 0. The fraction of sp³-hybridized carbons (Fsp3) is 0.222. The predicted molar refractivity (Wildman–Crippen MR) is 51.3 cm³/mol. The number of hydrogen-bond acceptors (Lipinski definition) is 3. The average molecular weight is 288 g/mol. The summed E-state index contributed by atoms with van der Waals surface area (Å²) in [7, 11) is 3.45. The standard InChI is InChI=1S/C9H11N3.2ClH.Fe/c1-10-6-8-4-3-5-9(12-8)7-11-2;;;/h3-7H,1-2H3;2*1H;/q;;;+2/p-2. The Hall–Kier alpha value is -0.411. The van der Waals surface area contributed by atoms with E-state index in [0.717, 1.165) is 11.4 Å². The van der Waals surface area contributed by atoms with Crippen LogP contribution in [0.4, 0.5) is 0 Å². The summed E-state index contributed by atoms with van der Waals surface area (Å²) in [6.07, 6.45) is 3.43. The summed E-state index contributed by atoms with van der Waals surface area (Å²) in [6, 6.07) is 5.74. The zero-order valence-corrected chi connectivity index (χ0v) is 11.0. The van der Waals surface area contributed by atoms with Crippen LogP contribution >= 0.6 is 0 Å². The molecule has 0 aromatic carbocycles. The van der Waals surface area contributed by atoms with Gasteiger partial charge in [-0.1, -0.05) is 6.07 Å². The van der Waals surface area contributed by atoms with E-state index in [0.29, 0.717) is 0 Å². The van der Waals surface area contributed by atoms with E-state index in [-0.39, 0.29) is 41.9 Å². The molecule has 0 aliphatic heterocycles. The van der Waals surface area contributed by atoms with Crippen molar-refractivity contribution < 1.29 is 41.9 Å². The van der Waals surface area contributed by atoms with Gasteiger partial charge in [0.05, 0.1) is 11.4 Å². The largest absolute Gasteiger partial charge is 2.00 e. The van der Waals surface area contributed by atoms with Crippen LogP contribution in [-0.4, -0.2) is 31.5 Å². The minimum Gasteiger partial charge on any atom is -1.00 e. The SMILES string of the molecule is CN=Cc1cccc(C=NC)n1.[Cl-].[Cl-].[Fe+2]. The molecule has 0 radical (unpaired) electrons. The van der Waals surface area contributed by atoms with E-state index >= 15 is 0 Å². The number of hydrogen-bond donors (Lipinski definition) is 0. The number of aliphatic imine (C=N–C) groups is 2. The van der Waals surface area contributed by atoms with Gasteiger partial charge < -0.3 is 24.8 Å². The minimum absolute atomic E-state index is 0. The van der Waals surface area contributed by atoms with Gasteiger partial charge in [-0.3, -0.25) is 9.98 Å². The summed E-state index contributed by atoms with van der Waals surface area (Å²) in [4.78, 5) is 12.0. The Balaban J connectivity index is -0.000000480. The summed E-state index contributed by atoms with van der Waals surface area (Å²) in [5, 5.41) is 0. The van der Waals surface area contributed by atoms with Crippen LogP contribution in [0.1, 0.15) is 11.4 Å². The van der Waals surface area contributed by atoms with Gasteiger partial charge in [0.1, 0.15) is 0 Å². The van der Waals surface area contributed by atoms with Crippen LogP contribution in [0.2, 0.25) is 0 Å². The first kappa shape index (κ1) is 20.1. The van der Waals surface area contributed by atoms with E-state index in [1.54, 1.807) is 26.5 Å². The van der Waals surface area contributed by atoms with Crippen LogP contribution in [-0.2, 0) is 17.1 Å². The van der Waals surface area contributed by atoms with E-state index < -0.39 is 0 Å². The Morgan fingerprint density at radius 2 is 1.40 bits per heavy atom. The van der Waals surface area contributed by atoms with Gasteiger partial charge in [0.2, 0.25) is 0 Å². The molecule has 0 aliphatic rings. The van der Waals surface area contributed by atoms with E-state index in [1.165, 1.54) is 0 Å². The fourth-order valence-electron chi connectivity index (χ4n) is 0.877. The molecule has 0 saturated carbocycles. The van der Waals surface area contributed by atoms with Gasteiger partial charge in [0.15, 0.2) is 0 Å². The zero-order chi connectivity index (χ0) is 8.81. The van der Waals surface area contributed by atoms with Crippen molar-refractivity contribution in [2.24, 2.45) is 9.98 Å². The van der Waals surface area contributed by atoms with Gasteiger partial charge >= 0.3 is 17.1 Å². The molecule has 0 saturated heterocycles. The number of nitrogens with zero attached hydrogens (tertiary/aromatic N) is 3. The Bertz CT molecular complexity index is 289. The fourth-order valence-corrected chi connectivity index (χ4v) is 0.877. The molecule has 0 unspecified atom stereocenters. The van der Waals surface area contributed by atoms with E-state index in [4.69, 9.17) is 0 Å². The third-order valence-corrected chi connectivity index (χ3v) is 1.31. The summed E-state index contributed by atoms with van der Waals surface area (Å²) < 4.78 is 0. The molecule has 1 aromatic rings. The molecule has 84 valence electrons. The molecule has 0 spiro atoms. The first-order valence-corrected chi connectivity index (χ1v) is 3.68. The molecule has 0 bridgehead atoms. The van der Waals surface area contributed by atoms with Gasteiger partial charge in [0.25, 0.3) is 0 Å². The third kappa shape index (κ3) is 7.51. The Kier molecular flexibility index (Phi) is 15.6. The maximum absolute atomic E-state index is 4.25. The van der Waals surface area contributed by atoms with Gasteiger partial charge in [-0.25, -0.2) is 4.98 Å². The maximum Gasteiger partial charge on any atom is 2.00 e. The molecule has 0 atom stereocenters. The molecule has 0 aliphatic carbocycles. The van der Waals surface area contributed by atoms with Crippen LogP contribution in [0, 0.1) is 0 Å². The van der Waals surface area contributed by atoms with E-state index in [1.807, 2.05) is 18.2 Å². The second kappa shape index (κ2) is 11.7. The first-order valence-electron chi connectivity index (χ1n) is 3.68. The molecular weight excluding hydrogens is 277 g/mol. The third-order valence-electron chi connectivity index (χ3n) is 1.31. The van der Waals surface area contributed by atoms with E-state index in [9.17, 15) is 0 Å². The van der Waals surface area contributed by atoms with Crippen molar-refractivity contribution in [1.29, 1.82) is 0 Å². The van der Waals surface area contributed by atoms with Crippen LogP contribution < -0.4 is 24.8 Å². The first-order chi connectivity index (χ1) is 5.86. The maximum atomic E-state index is 4.25. The molecule has 1 heterocycles. The second-order valence-electron chi connectivity index (χ2n) is 2.26. The Labute approximate surface area is 113 Å². The molecule has 1 rings (SSSR count). The van der Waals surface area contributed by atoms with Crippen LogP contribution in [0.5, 0.6) is 0 Å². The van der Waals surface area contributed by atoms with Crippen LogP contribution in [0.25, 0.3) is 0 Å². The van der Waals surface area contributed by atoms with Gasteiger partial charge in [-0.2, -0.15) is 0 Å². The van der Waals surface area contributed by atoms with E-state index in [2.05, 4.69) is 15.0 Å². The number of aromatic nitrogens is 1. The van der Waals surface area contributed by atoms with Gasteiger partial charge in [-0.15, -0.1) is 0 Å². The number of pyridine rings is 1. The van der Waals surface area contributed by atoms with Crippen LogP contribution in [0.15, 0.2) is 28.2 Å². The molecular formula is C9H11Cl2FeN3. The van der Waals surface area contributed by atoms with Crippen molar-refractivity contribution in [3.05, 3.63) is 29.6 Å². The summed E-state index contributed by atoms with van der Waals surface area (Å²) in [5.41, 5.74) is 1.71. The molecule has 15 heavy (non-hydrogen) atoms. The van der Waals surface area contributed by atoms with Gasteiger partial charge in [-0.05, 0) is 12.1 Å². The summed E-state index contributed by atoms with van der Waals surface area (Å²) >= 11 is 0. The Morgan fingerprint density at radius 3 is 1.73 bits per heavy atom. The smallest absolute Gasteiger partial charge is 1.00 e. The van der Waals surface area contributed by atoms with Crippen molar-refractivity contribution in [1.82, 2.24) is 4.98 Å². The van der Waals surface area contributed by atoms with Gasteiger partial charge in [0, 0.05) is 26.5 Å². The quantitative estimate of drug-likeness (QED) is 0.397. The predicted octanol–water partition coefficient (Wildman–Crippen LogP) is -4.82. The van der Waals surface area contributed by atoms with Crippen molar-refractivity contribution in [2.75, 3.05) is 14.1 Å². The molecule has 3 nitrogen and oxygen atoms in total. The molecule has 6 heteroatoms. The zero-order valence-electron chi connectivity index (χ0n) is 8.34. The second-order valence-corrected chi connectivity index (χ2v) is 2.26. The normalized spacial score (nSPS) is 9.20. The Morgan fingerprint density at radius 1 is 1.00 bits per heavy atom. The van der Waals surface area contributed by atoms with Crippen molar-refractivity contribution in [3.8, 4) is 0 Å². The average Bonchev–Trinajstić information content (AvgIpc) is 2.06. The summed E-state index contributed by atoms with van der Waals surface area (Å²) in [6.45, 7) is 0. The van der Waals surface area contributed by atoms with Crippen molar-refractivity contribution in [3.63, 3.8) is 0 Å². The molecule has 1 aromatic heterocycles.